The first kappa shape index (κ1) is 21.4. The lowest BCUT2D eigenvalue weighted by atomic mass is 10.2. The number of benzene rings is 2. The molecule has 0 saturated carbocycles. The minimum atomic E-state index is -0.391. The Bertz CT molecular complexity index is 1100. The number of halogens is 1. The van der Waals surface area contributed by atoms with Gasteiger partial charge in [0.25, 0.3) is 5.56 Å². The molecular formula is C22H23ClN4O3. The standard InChI is InChI=1S/C22H23ClN4O3/c1-15-11-21(29)27(22(24-15)26(2)13-16-7-5-4-6-8-16)14-20(28)25-18-12-17(23)9-10-19(18)30-3/h4-12H,13-14H2,1-3H3,(H,25,28). The van der Waals surface area contributed by atoms with Gasteiger partial charge in [-0.2, -0.15) is 0 Å². The molecule has 0 fully saturated rings. The number of carbonyl (C=O) groups excluding carboxylic acids is 1. The fourth-order valence-corrected chi connectivity index (χ4v) is 3.26. The molecule has 0 atom stereocenters. The third kappa shape index (κ3) is 5.18. The third-order valence-electron chi connectivity index (χ3n) is 4.46. The Hall–Kier alpha value is -3.32. The Morgan fingerprint density at radius 1 is 1.20 bits per heavy atom. The number of nitrogens with zero attached hydrogens (tertiary/aromatic N) is 3. The van der Waals surface area contributed by atoms with E-state index in [-0.39, 0.29) is 12.1 Å². The molecule has 0 aliphatic heterocycles. The first-order valence-corrected chi connectivity index (χ1v) is 9.72. The van der Waals surface area contributed by atoms with Crippen molar-refractivity contribution >= 4 is 29.1 Å². The van der Waals surface area contributed by atoms with E-state index >= 15 is 0 Å². The van der Waals surface area contributed by atoms with Gasteiger partial charge in [-0.05, 0) is 30.7 Å². The monoisotopic (exact) mass is 426 g/mol. The number of aryl methyl sites for hydroxylation is 1. The molecule has 7 nitrogen and oxygen atoms in total. The van der Waals surface area contributed by atoms with Crippen LogP contribution in [0, 0.1) is 6.92 Å². The molecule has 8 heteroatoms. The normalized spacial score (nSPS) is 10.5. The summed E-state index contributed by atoms with van der Waals surface area (Å²) in [5, 5.41) is 3.22. The predicted octanol–water partition coefficient (Wildman–Crippen LogP) is 3.49. The first-order valence-electron chi connectivity index (χ1n) is 9.34. The predicted molar refractivity (Wildman–Crippen MR) is 118 cm³/mol. The van der Waals surface area contributed by atoms with Gasteiger partial charge < -0.3 is 15.0 Å². The van der Waals surface area contributed by atoms with Crippen LogP contribution in [0.25, 0.3) is 0 Å². The molecule has 0 aliphatic carbocycles. The molecule has 0 bridgehead atoms. The van der Waals surface area contributed by atoms with Gasteiger partial charge in [0.2, 0.25) is 11.9 Å². The number of anilines is 2. The summed E-state index contributed by atoms with van der Waals surface area (Å²) in [5.41, 5.74) is 1.78. The molecule has 0 aliphatic rings. The molecule has 0 spiro atoms. The summed E-state index contributed by atoms with van der Waals surface area (Å²) in [6.45, 7) is 2.10. The molecule has 1 heterocycles. The Morgan fingerprint density at radius 2 is 1.93 bits per heavy atom. The van der Waals surface area contributed by atoms with Crippen molar-refractivity contribution < 1.29 is 9.53 Å². The SMILES string of the molecule is COc1ccc(Cl)cc1NC(=O)Cn1c(N(C)Cc2ccccc2)nc(C)cc1=O. The molecule has 30 heavy (non-hydrogen) atoms. The van der Waals surface area contributed by atoms with Crippen LogP contribution < -0.4 is 20.5 Å². The molecule has 2 aromatic carbocycles. The van der Waals surface area contributed by atoms with Gasteiger partial charge >= 0.3 is 0 Å². The Kier molecular flexibility index (Phi) is 6.74. The fourth-order valence-electron chi connectivity index (χ4n) is 3.08. The molecule has 156 valence electrons. The summed E-state index contributed by atoms with van der Waals surface area (Å²) in [6.07, 6.45) is 0. The van der Waals surface area contributed by atoms with Crippen molar-refractivity contribution in [2.45, 2.75) is 20.0 Å². The van der Waals surface area contributed by atoms with Crippen LogP contribution in [-0.4, -0.2) is 29.6 Å². The zero-order valence-electron chi connectivity index (χ0n) is 17.1. The van der Waals surface area contributed by atoms with E-state index in [1.165, 1.54) is 17.7 Å². The quantitative estimate of drug-likeness (QED) is 0.625. The highest BCUT2D eigenvalue weighted by atomic mass is 35.5. The van der Waals surface area contributed by atoms with Crippen molar-refractivity contribution in [3.05, 3.63) is 81.2 Å². The number of aromatic nitrogens is 2. The second kappa shape index (κ2) is 9.45. The zero-order valence-corrected chi connectivity index (χ0v) is 17.8. The van der Waals surface area contributed by atoms with E-state index in [2.05, 4.69) is 10.3 Å². The molecular weight excluding hydrogens is 404 g/mol. The minimum absolute atomic E-state index is 0.198. The van der Waals surface area contributed by atoms with Crippen LogP contribution in [0.2, 0.25) is 5.02 Å². The van der Waals surface area contributed by atoms with Crippen molar-refractivity contribution in [3.8, 4) is 5.75 Å². The molecule has 3 aromatic rings. The largest absolute Gasteiger partial charge is 0.495 e. The second-order valence-electron chi connectivity index (χ2n) is 6.86. The maximum Gasteiger partial charge on any atom is 0.255 e. The average Bonchev–Trinajstić information content (AvgIpc) is 2.70. The number of hydrogen-bond acceptors (Lipinski definition) is 5. The van der Waals surface area contributed by atoms with E-state index in [4.69, 9.17) is 16.3 Å². The van der Waals surface area contributed by atoms with E-state index in [0.29, 0.717) is 34.6 Å². The highest BCUT2D eigenvalue weighted by Crippen LogP contribution is 2.27. The molecule has 0 unspecified atom stereocenters. The van der Waals surface area contributed by atoms with Gasteiger partial charge in [0.15, 0.2) is 0 Å². The summed E-state index contributed by atoms with van der Waals surface area (Å²) < 4.78 is 6.61. The fraction of sp³-hybridized carbons (Fsp3) is 0.227. The number of rotatable bonds is 7. The Morgan fingerprint density at radius 3 is 2.63 bits per heavy atom. The van der Waals surface area contributed by atoms with Crippen molar-refractivity contribution in [1.29, 1.82) is 0 Å². The maximum atomic E-state index is 12.7. The molecule has 1 N–H and O–H groups in total. The average molecular weight is 427 g/mol. The van der Waals surface area contributed by atoms with Gasteiger partial charge in [-0.3, -0.25) is 14.2 Å². The highest BCUT2D eigenvalue weighted by molar-refractivity contribution is 6.31. The van der Waals surface area contributed by atoms with Crippen LogP contribution in [-0.2, 0) is 17.9 Å². The number of hydrogen-bond donors (Lipinski definition) is 1. The van der Waals surface area contributed by atoms with E-state index in [1.54, 1.807) is 25.1 Å². The Balaban J connectivity index is 1.86. The highest BCUT2D eigenvalue weighted by Gasteiger charge is 2.16. The summed E-state index contributed by atoms with van der Waals surface area (Å²) in [5.74, 6) is 0.498. The van der Waals surface area contributed by atoms with Crippen molar-refractivity contribution in [1.82, 2.24) is 9.55 Å². The van der Waals surface area contributed by atoms with E-state index in [1.807, 2.05) is 42.3 Å². The lowest BCUT2D eigenvalue weighted by molar-refractivity contribution is -0.116. The summed E-state index contributed by atoms with van der Waals surface area (Å²) in [4.78, 5) is 31.7. The molecule has 1 aromatic heterocycles. The number of amides is 1. The minimum Gasteiger partial charge on any atom is -0.495 e. The van der Waals surface area contributed by atoms with Crippen LogP contribution in [0.5, 0.6) is 5.75 Å². The lowest BCUT2D eigenvalue weighted by Crippen LogP contribution is -2.34. The molecule has 0 radical (unpaired) electrons. The number of methoxy groups -OCH3 is 1. The van der Waals surface area contributed by atoms with Crippen LogP contribution in [0.15, 0.2) is 59.4 Å². The van der Waals surface area contributed by atoms with E-state index in [0.717, 1.165) is 5.56 Å². The van der Waals surface area contributed by atoms with Gasteiger partial charge in [0.1, 0.15) is 12.3 Å². The second-order valence-corrected chi connectivity index (χ2v) is 7.29. The van der Waals surface area contributed by atoms with Crippen molar-refractivity contribution in [2.24, 2.45) is 0 Å². The summed E-state index contributed by atoms with van der Waals surface area (Å²) in [7, 11) is 3.34. The van der Waals surface area contributed by atoms with E-state index < -0.39 is 5.91 Å². The maximum absolute atomic E-state index is 12.7. The topological polar surface area (TPSA) is 76.5 Å². The smallest absolute Gasteiger partial charge is 0.255 e. The lowest BCUT2D eigenvalue weighted by Gasteiger charge is -2.22. The van der Waals surface area contributed by atoms with Gasteiger partial charge in [0, 0.05) is 30.4 Å². The van der Waals surface area contributed by atoms with Crippen LogP contribution >= 0.6 is 11.6 Å². The van der Waals surface area contributed by atoms with Crippen LogP contribution in [0.1, 0.15) is 11.3 Å². The first-order chi connectivity index (χ1) is 14.4. The molecule has 3 rings (SSSR count). The van der Waals surface area contributed by atoms with Gasteiger partial charge in [-0.1, -0.05) is 41.9 Å². The zero-order chi connectivity index (χ0) is 21.7. The number of ether oxygens (including phenoxy) is 1. The van der Waals surface area contributed by atoms with Crippen LogP contribution in [0.4, 0.5) is 11.6 Å². The molecule has 1 amide bonds. The number of carbonyl (C=O) groups is 1. The van der Waals surface area contributed by atoms with Gasteiger partial charge in [0.05, 0.1) is 12.8 Å². The Labute approximate surface area is 179 Å². The van der Waals surface area contributed by atoms with Crippen molar-refractivity contribution in [2.75, 3.05) is 24.4 Å². The summed E-state index contributed by atoms with van der Waals surface area (Å²) in [6, 6.07) is 16.2. The van der Waals surface area contributed by atoms with Crippen molar-refractivity contribution in [3.63, 3.8) is 0 Å². The molecule has 0 saturated heterocycles. The summed E-state index contributed by atoms with van der Waals surface area (Å²) >= 11 is 6.03. The van der Waals surface area contributed by atoms with Gasteiger partial charge in [-0.25, -0.2) is 4.98 Å². The van der Waals surface area contributed by atoms with Gasteiger partial charge in [-0.15, -0.1) is 0 Å². The number of nitrogens with one attached hydrogen (secondary N) is 1. The van der Waals surface area contributed by atoms with Crippen LogP contribution in [0.3, 0.4) is 0 Å². The van der Waals surface area contributed by atoms with E-state index in [9.17, 15) is 9.59 Å². The third-order valence-corrected chi connectivity index (χ3v) is 4.69.